The Morgan fingerprint density at radius 3 is 2.73 bits per heavy atom. The summed E-state index contributed by atoms with van der Waals surface area (Å²) < 4.78 is 7.71. The van der Waals surface area contributed by atoms with Crippen molar-refractivity contribution in [3.05, 3.63) is 30.6 Å². The maximum Gasteiger partial charge on any atom is 0.227 e. The molecule has 1 N–H and O–H groups in total. The van der Waals surface area contributed by atoms with Gasteiger partial charge >= 0.3 is 0 Å². The molecule has 0 atom stereocenters. The Morgan fingerprint density at radius 2 is 1.97 bits per heavy atom. The van der Waals surface area contributed by atoms with E-state index >= 15 is 0 Å². The predicted octanol–water partition coefficient (Wildman–Crippen LogP) is 2.98. The molecule has 1 saturated carbocycles. The molecule has 0 unspecified atom stereocenters. The van der Waals surface area contributed by atoms with Crippen LogP contribution in [0.25, 0.3) is 0 Å². The lowest BCUT2D eigenvalue weighted by Gasteiger charge is -2.27. The Bertz CT molecular complexity index is 783. The Balaban J connectivity index is 1.20. The minimum atomic E-state index is 0.0683. The predicted molar refractivity (Wildman–Crippen MR) is 114 cm³/mol. The van der Waals surface area contributed by atoms with Gasteiger partial charge in [-0.1, -0.05) is 12.5 Å². The van der Waals surface area contributed by atoms with Crippen molar-refractivity contribution in [1.82, 2.24) is 25.1 Å². The number of anilines is 1. The third kappa shape index (κ3) is 6.01. The van der Waals surface area contributed by atoms with Crippen molar-refractivity contribution in [2.45, 2.75) is 51.5 Å². The SMILES string of the molecule is O=C(Nc1cccc(OCCN2CCCCC2)c1)C1CCC(Cn2cnnn2)CC1. The van der Waals surface area contributed by atoms with Crippen molar-refractivity contribution in [3.63, 3.8) is 0 Å². The number of likely N-dealkylation sites (tertiary alicyclic amines) is 1. The van der Waals surface area contributed by atoms with Crippen molar-refractivity contribution < 1.29 is 9.53 Å². The lowest BCUT2D eigenvalue weighted by atomic mass is 9.81. The largest absolute Gasteiger partial charge is 0.492 e. The molecular weight excluding hydrogens is 380 g/mol. The third-order valence-corrected chi connectivity index (χ3v) is 6.28. The second-order valence-electron chi connectivity index (χ2n) is 8.52. The van der Waals surface area contributed by atoms with Crippen LogP contribution in [0.2, 0.25) is 0 Å². The molecule has 30 heavy (non-hydrogen) atoms. The van der Waals surface area contributed by atoms with Crippen molar-refractivity contribution in [1.29, 1.82) is 0 Å². The summed E-state index contributed by atoms with van der Waals surface area (Å²) in [6.45, 7) is 4.83. The zero-order valence-electron chi connectivity index (χ0n) is 17.6. The van der Waals surface area contributed by atoms with Crippen molar-refractivity contribution in [2.75, 3.05) is 31.6 Å². The highest BCUT2D eigenvalue weighted by Crippen LogP contribution is 2.30. The summed E-state index contributed by atoms with van der Waals surface area (Å²) in [6, 6.07) is 7.75. The van der Waals surface area contributed by atoms with E-state index in [1.165, 1.54) is 32.4 Å². The zero-order chi connectivity index (χ0) is 20.6. The van der Waals surface area contributed by atoms with Crippen LogP contribution in [0.1, 0.15) is 44.9 Å². The number of amides is 1. The molecule has 1 amide bonds. The number of aromatic nitrogens is 4. The molecule has 8 heteroatoms. The first-order valence-corrected chi connectivity index (χ1v) is 11.2. The van der Waals surface area contributed by atoms with Crippen LogP contribution in [0.4, 0.5) is 5.69 Å². The second-order valence-corrected chi connectivity index (χ2v) is 8.52. The summed E-state index contributed by atoms with van der Waals surface area (Å²) in [4.78, 5) is 15.2. The van der Waals surface area contributed by atoms with Crippen molar-refractivity contribution >= 4 is 11.6 Å². The van der Waals surface area contributed by atoms with E-state index < -0.39 is 0 Å². The highest BCUT2D eigenvalue weighted by molar-refractivity contribution is 5.92. The molecule has 1 aliphatic heterocycles. The highest BCUT2D eigenvalue weighted by atomic mass is 16.5. The first-order valence-electron chi connectivity index (χ1n) is 11.2. The number of ether oxygens (including phenoxy) is 1. The molecule has 1 aliphatic carbocycles. The molecule has 2 aromatic rings. The minimum absolute atomic E-state index is 0.0683. The van der Waals surface area contributed by atoms with Gasteiger partial charge < -0.3 is 10.1 Å². The molecule has 4 rings (SSSR count). The number of nitrogens with one attached hydrogen (secondary N) is 1. The Labute approximate surface area is 178 Å². The average Bonchev–Trinajstić information content (AvgIpc) is 3.28. The third-order valence-electron chi connectivity index (χ3n) is 6.28. The maximum absolute atomic E-state index is 12.7. The zero-order valence-corrected chi connectivity index (χ0v) is 17.6. The number of rotatable bonds is 8. The van der Waals surface area contributed by atoms with Gasteiger partial charge in [0.15, 0.2) is 0 Å². The molecule has 1 aromatic heterocycles. The smallest absolute Gasteiger partial charge is 0.227 e. The standard InChI is InChI=1S/C22H32N6O2/c29-22(19-9-7-18(8-10-19)16-28-17-23-25-26-28)24-20-5-4-6-21(15-20)30-14-13-27-11-2-1-3-12-27/h4-6,15,17-19H,1-3,7-14,16H2,(H,24,29). The van der Waals surface area contributed by atoms with Crippen LogP contribution in [0.3, 0.4) is 0 Å². The summed E-state index contributed by atoms with van der Waals surface area (Å²) in [6.07, 6.45) is 9.45. The Kier molecular flexibility index (Phi) is 7.29. The fourth-order valence-electron chi connectivity index (χ4n) is 4.52. The van der Waals surface area contributed by atoms with Crippen LogP contribution in [0, 0.1) is 11.8 Å². The first-order chi connectivity index (χ1) is 14.8. The molecular formula is C22H32N6O2. The van der Waals surface area contributed by atoms with E-state index in [4.69, 9.17) is 4.74 Å². The van der Waals surface area contributed by atoms with Crippen LogP contribution in [-0.4, -0.2) is 57.3 Å². The number of hydrogen-bond donors (Lipinski definition) is 1. The van der Waals surface area contributed by atoms with Crippen LogP contribution in [0.15, 0.2) is 30.6 Å². The quantitative estimate of drug-likeness (QED) is 0.717. The fraction of sp³-hybridized carbons (Fsp3) is 0.636. The van der Waals surface area contributed by atoms with Gasteiger partial charge in [0.2, 0.25) is 5.91 Å². The molecule has 0 radical (unpaired) electrons. The van der Waals surface area contributed by atoms with E-state index in [-0.39, 0.29) is 11.8 Å². The van der Waals surface area contributed by atoms with Gasteiger partial charge in [-0.15, -0.1) is 5.10 Å². The number of carbonyl (C=O) groups is 1. The van der Waals surface area contributed by atoms with Gasteiger partial charge in [0.25, 0.3) is 0 Å². The average molecular weight is 413 g/mol. The van der Waals surface area contributed by atoms with Gasteiger partial charge in [-0.05, 0) is 80.1 Å². The summed E-state index contributed by atoms with van der Waals surface area (Å²) in [5.41, 5.74) is 0.811. The van der Waals surface area contributed by atoms with Crippen LogP contribution in [0.5, 0.6) is 5.75 Å². The van der Waals surface area contributed by atoms with Gasteiger partial charge in [-0.2, -0.15) is 0 Å². The lowest BCUT2D eigenvalue weighted by molar-refractivity contribution is -0.121. The topological polar surface area (TPSA) is 85.2 Å². The van der Waals surface area contributed by atoms with Crippen molar-refractivity contribution in [3.8, 4) is 5.75 Å². The van der Waals surface area contributed by atoms with Crippen LogP contribution >= 0.6 is 0 Å². The first kappa shape index (κ1) is 20.8. The molecule has 8 nitrogen and oxygen atoms in total. The van der Waals surface area contributed by atoms with E-state index in [9.17, 15) is 4.79 Å². The monoisotopic (exact) mass is 412 g/mol. The molecule has 1 aromatic carbocycles. The maximum atomic E-state index is 12.7. The molecule has 0 bridgehead atoms. The highest BCUT2D eigenvalue weighted by Gasteiger charge is 2.26. The van der Waals surface area contributed by atoms with Gasteiger partial charge in [0, 0.05) is 30.8 Å². The van der Waals surface area contributed by atoms with Crippen LogP contribution in [-0.2, 0) is 11.3 Å². The summed E-state index contributed by atoms with van der Waals surface area (Å²) in [5, 5.41) is 14.4. The number of benzene rings is 1. The van der Waals surface area contributed by atoms with Gasteiger partial charge in [0.05, 0.1) is 0 Å². The van der Waals surface area contributed by atoms with E-state index in [1.54, 1.807) is 11.0 Å². The Morgan fingerprint density at radius 1 is 1.13 bits per heavy atom. The number of hydrogen-bond acceptors (Lipinski definition) is 6. The normalized spacial score (nSPS) is 22.5. The van der Waals surface area contributed by atoms with Crippen molar-refractivity contribution in [2.24, 2.45) is 11.8 Å². The second kappa shape index (κ2) is 10.5. The fourth-order valence-corrected chi connectivity index (χ4v) is 4.52. The number of piperidine rings is 1. The lowest BCUT2D eigenvalue weighted by Crippen LogP contribution is -2.33. The summed E-state index contributed by atoms with van der Waals surface area (Å²) >= 11 is 0. The molecule has 1 saturated heterocycles. The van der Waals surface area contributed by atoms with Crippen LogP contribution < -0.4 is 10.1 Å². The molecule has 2 aliphatic rings. The molecule has 2 heterocycles. The Hall–Kier alpha value is -2.48. The number of carbonyl (C=O) groups excluding carboxylic acids is 1. The summed E-state index contributed by atoms with van der Waals surface area (Å²) in [5.74, 6) is 1.53. The van der Waals surface area contributed by atoms with E-state index in [0.717, 1.165) is 50.2 Å². The van der Waals surface area contributed by atoms with E-state index in [0.29, 0.717) is 12.5 Å². The van der Waals surface area contributed by atoms with Gasteiger partial charge in [-0.25, -0.2) is 4.68 Å². The molecule has 2 fully saturated rings. The number of nitrogens with zero attached hydrogens (tertiary/aromatic N) is 5. The van der Waals surface area contributed by atoms with Gasteiger partial charge in [-0.3, -0.25) is 9.69 Å². The number of tetrazole rings is 1. The molecule has 0 spiro atoms. The molecule has 162 valence electrons. The van der Waals surface area contributed by atoms with E-state index in [1.807, 2.05) is 24.3 Å². The minimum Gasteiger partial charge on any atom is -0.492 e. The van der Waals surface area contributed by atoms with E-state index in [2.05, 4.69) is 25.7 Å². The summed E-state index contributed by atoms with van der Waals surface area (Å²) in [7, 11) is 0. The van der Waals surface area contributed by atoms with Gasteiger partial charge in [0.1, 0.15) is 18.7 Å².